The topological polar surface area (TPSA) is 87.0 Å². The second-order valence-corrected chi connectivity index (χ2v) is 7.79. The van der Waals surface area contributed by atoms with Crippen LogP contribution in [-0.4, -0.2) is 44.0 Å². The number of aryl methyl sites for hydroxylation is 1. The first-order valence-corrected chi connectivity index (χ1v) is 10.3. The van der Waals surface area contributed by atoms with Crippen molar-refractivity contribution in [2.45, 2.75) is 50.7 Å². The molecule has 1 aromatic heterocycles. The van der Waals surface area contributed by atoms with Crippen molar-refractivity contribution in [3.05, 3.63) is 40.2 Å². The Hall–Kier alpha value is -2.38. The van der Waals surface area contributed by atoms with Crippen molar-refractivity contribution in [2.75, 3.05) is 26.4 Å². The number of benzene rings is 1. The molecule has 2 aliphatic heterocycles. The third kappa shape index (κ3) is 4.62. The maximum Gasteiger partial charge on any atom is 0.336 e. The number of nitrogens with one attached hydrogen (secondary N) is 1. The molecule has 0 bridgehead atoms. The molecule has 1 N–H and O–H groups in total. The van der Waals surface area contributed by atoms with E-state index in [1.165, 1.54) is 6.07 Å². The lowest BCUT2D eigenvalue weighted by Gasteiger charge is -2.43. The predicted molar refractivity (Wildman–Crippen MR) is 107 cm³/mol. The lowest BCUT2D eigenvalue weighted by molar-refractivity contribution is -0.144. The largest absolute Gasteiger partial charge is 0.484 e. The zero-order chi connectivity index (χ0) is 20.3. The Labute approximate surface area is 169 Å². The number of hydrogen-bond acceptors (Lipinski definition) is 6. The summed E-state index contributed by atoms with van der Waals surface area (Å²) >= 11 is 0. The van der Waals surface area contributed by atoms with Gasteiger partial charge in [-0.1, -0.05) is 6.92 Å². The molecule has 1 amide bonds. The van der Waals surface area contributed by atoms with Crippen LogP contribution in [0.25, 0.3) is 11.0 Å². The summed E-state index contributed by atoms with van der Waals surface area (Å²) in [6, 6.07) is 6.90. The van der Waals surface area contributed by atoms with Crippen LogP contribution in [0, 0.1) is 0 Å². The van der Waals surface area contributed by atoms with Crippen molar-refractivity contribution in [2.24, 2.45) is 0 Å². The molecule has 0 radical (unpaired) electrons. The molecule has 2 aromatic rings. The van der Waals surface area contributed by atoms with Crippen LogP contribution >= 0.6 is 0 Å². The van der Waals surface area contributed by atoms with Gasteiger partial charge in [0, 0.05) is 43.4 Å². The Morgan fingerprint density at radius 2 is 2.07 bits per heavy atom. The molecular formula is C22H27NO6. The third-order valence-corrected chi connectivity index (χ3v) is 5.81. The van der Waals surface area contributed by atoms with E-state index < -0.39 is 0 Å². The standard InChI is InChI=1S/C22H27NO6/c1-2-15-11-21(25)29-19-12-17(3-4-18(15)19)27-14-20(24)23-16-5-8-28-22(13-16)6-9-26-10-7-22/h3-4,11-12,16H,2,5-10,13-14H2,1H3,(H,23,24). The first-order chi connectivity index (χ1) is 14.1. The molecule has 2 fully saturated rings. The Morgan fingerprint density at radius 1 is 1.24 bits per heavy atom. The van der Waals surface area contributed by atoms with E-state index in [4.69, 9.17) is 18.6 Å². The van der Waals surface area contributed by atoms with E-state index in [0.29, 0.717) is 31.2 Å². The Balaban J connectivity index is 1.35. The minimum absolute atomic E-state index is 0.0830. The van der Waals surface area contributed by atoms with Gasteiger partial charge in [-0.2, -0.15) is 0 Å². The highest BCUT2D eigenvalue weighted by atomic mass is 16.5. The summed E-state index contributed by atoms with van der Waals surface area (Å²) < 4.78 is 22.4. The normalized spacial score (nSPS) is 21.2. The van der Waals surface area contributed by atoms with Crippen molar-refractivity contribution >= 4 is 16.9 Å². The first-order valence-electron chi connectivity index (χ1n) is 10.3. The highest BCUT2D eigenvalue weighted by Gasteiger charge is 2.39. The molecular weight excluding hydrogens is 374 g/mol. The number of amides is 1. The van der Waals surface area contributed by atoms with Gasteiger partial charge in [0.05, 0.1) is 5.60 Å². The molecule has 3 heterocycles. The monoisotopic (exact) mass is 401 g/mol. The van der Waals surface area contributed by atoms with Crippen molar-refractivity contribution in [1.82, 2.24) is 5.32 Å². The summed E-state index contributed by atoms with van der Waals surface area (Å²) in [5.41, 5.74) is 0.855. The summed E-state index contributed by atoms with van der Waals surface area (Å²) in [6.07, 6.45) is 4.09. The zero-order valence-electron chi connectivity index (χ0n) is 16.7. The Bertz CT molecular complexity index is 925. The summed E-state index contributed by atoms with van der Waals surface area (Å²) in [5, 5.41) is 3.95. The van der Waals surface area contributed by atoms with Crippen molar-refractivity contribution in [3.63, 3.8) is 0 Å². The lowest BCUT2D eigenvalue weighted by atomic mass is 9.84. The van der Waals surface area contributed by atoms with E-state index in [1.807, 2.05) is 13.0 Å². The van der Waals surface area contributed by atoms with E-state index in [1.54, 1.807) is 12.1 Å². The second-order valence-electron chi connectivity index (χ2n) is 7.79. The maximum absolute atomic E-state index is 12.4. The molecule has 156 valence electrons. The third-order valence-electron chi connectivity index (χ3n) is 5.81. The van der Waals surface area contributed by atoms with Crippen LogP contribution in [0.5, 0.6) is 5.75 Å². The van der Waals surface area contributed by atoms with Crippen LogP contribution in [0.2, 0.25) is 0 Å². The fourth-order valence-corrected chi connectivity index (χ4v) is 4.25. The minimum Gasteiger partial charge on any atom is -0.484 e. The summed E-state index contributed by atoms with van der Waals surface area (Å²) in [5.74, 6) is 0.333. The summed E-state index contributed by atoms with van der Waals surface area (Å²) in [7, 11) is 0. The van der Waals surface area contributed by atoms with Crippen LogP contribution < -0.4 is 15.7 Å². The molecule has 2 saturated heterocycles. The van der Waals surface area contributed by atoms with Crippen molar-refractivity contribution in [1.29, 1.82) is 0 Å². The molecule has 7 heteroatoms. The maximum atomic E-state index is 12.4. The average molecular weight is 401 g/mol. The van der Waals surface area contributed by atoms with Gasteiger partial charge in [0.15, 0.2) is 6.61 Å². The number of fused-ring (bicyclic) bond motifs is 1. The molecule has 1 spiro atoms. The average Bonchev–Trinajstić information content (AvgIpc) is 2.72. The van der Waals surface area contributed by atoms with E-state index >= 15 is 0 Å². The highest BCUT2D eigenvalue weighted by Crippen LogP contribution is 2.34. The Kier molecular flexibility index (Phi) is 5.87. The summed E-state index contributed by atoms with van der Waals surface area (Å²) in [6.45, 7) is 3.97. The van der Waals surface area contributed by atoms with Gasteiger partial charge in [0.1, 0.15) is 11.3 Å². The van der Waals surface area contributed by atoms with Crippen molar-refractivity contribution < 1.29 is 23.4 Å². The van der Waals surface area contributed by atoms with Gasteiger partial charge in [-0.05, 0) is 49.8 Å². The fraction of sp³-hybridized carbons (Fsp3) is 0.545. The van der Waals surface area contributed by atoms with E-state index in [-0.39, 0.29) is 29.8 Å². The van der Waals surface area contributed by atoms with Gasteiger partial charge in [-0.15, -0.1) is 0 Å². The first kappa shape index (κ1) is 19.9. The van der Waals surface area contributed by atoms with Crippen LogP contribution in [0.4, 0.5) is 0 Å². The molecule has 1 unspecified atom stereocenters. The predicted octanol–water partition coefficient (Wildman–Crippen LogP) is 2.58. The number of hydrogen-bond donors (Lipinski definition) is 1. The zero-order valence-corrected chi connectivity index (χ0v) is 16.7. The minimum atomic E-state index is -0.384. The van der Waals surface area contributed by atoms with Gasteiger partial charge in [-0.3, -0.25) is 4.79 Å². The van der Waals surface area contributed by atoms with Crippen LogP contribution in [0.3, 0.4) is 0 Å². The summed E-state index contributed by atoms with van der Waals surface area (Å²) in [4.78, 5) is 24.1. The van der Waals surface area contributed by atoms with Crippen LogP contribution in [0.1, 0.15) is 38.2 Å². The van der Waals surface area contributed by atoms with E-state index in [2.05, 4.69) is 5.32 Å². The number of rotatable bonds is 5. The molecule has 7 nitrogen and oxygen atoms in total. The molecule has 0 saturated carbocycles. The van der Waals surface area contributed by atoms with Gasteiger partial charge < -0.3 is 23.9 Å². The van der Waals surface area contributed by atoms with Crippen molar-refractivity contribution in [3.8, 4) is 5.75 Å². The van der Waals surface area contributed by atoms with Crippen LogP contribution in [-0.2, 0) is 20.7 Å². The number of carbonyl (C=O) groups excluding carboxylic acids is 1. The van der Waals surface area contributed by atoms with Gasteiger partial charge in [0.25, 0.3) is 5.91 Å². The van der Waals surface area contributed by atoms with Gasteiger partial charge in [-0.25, -0.2) is 4.79 Å². The molecule has 1 aromatic carbocycles. The molecule has 1 atom stereocenters. The molecule has 4 rings (SSSR count). The quantitative estimate of drug-likeness (QED) is 0.775. The highest BCUT2D eigenvalue weighted by molar-refractivity contribution is 5.82. The fourth-order valence-electron chi connectivity index (χ4n) is 4.25. The SMILES string of the molecule is CCc1cc(=O)oc2cc(OCC(=O)NC3CCOC4(CCOCC4)C3)ccc12. The molecule has 0 aliphatic carbocycles. The van der Waals surface area contributed by atoms with Gasteiger partial charge in [0.2, 0.25) is 0 Å². The van der Waals surface area contributed by atoms with Gasteiger partial charge >= 0.3 is 5.63 Å². The van der Waals surface area contributed by atoms with E-state index in [9.17, 15) is 9.59 Å². The van der Waals surface area contributed by atoms with E-state index in [0.717, 1.165) is 43.1 Å². The number of ether oxygens (including phenoxy) is 3. The Morgan fingerprint density at radius 3 is 2.86 bits per heavy atom. The lowest BCUT2D eigenvalue weighted by Crippen LogP contribution is -2.51. The smallest absolute Gasteiger partial charge is 0.336 e. The van der Waals surface area contributed by atoms with Crippen LogP contribution in [0.15, 0.2) is 33.5 Å². The molecule has 29 heavy (non-hydrogen) atoms. The second kappa shape index (κ2) is 8.55. The number of carbonyl (C=O) groups is 1. The molecule has 2 aliphatic rings.